The molecule has 0 atom stereocenters. The minimum absolute atomic E-state index is 0.0226. The molecule has 15 heavy (non-hydrogen) atoms. The van der Waals surface area contributed by atoms with Crippen LogP contribution in [-0.2, 0) is 19.1 Å². The number of rotatable bonds is 6. The fraction of sp³-hybridized carbons (Fsp3) is 0.500. The van der Waals surface area contributed by atoms with E-state index >= 15 is 0 Å². The number of hydrogen-bond acceptors (Lipinski definition) is 4. The minimum atomic E-state index is -1.12. The van der Waals surface area contributed by atoms with Crippen molar-refractivity contribution in [2.24, 2.45) is 0 Å². The molecule has 0 unspecified atom stereocenters. The Balaban J connectivity index is 4.26. The van der Waals surface area contributed by atoms with Crippen molar-refractivity contribution in [2.75, 3.05) is 0 Å². The van der Waals surface area contributed by atoms with Crippen LogP contribution in [0.2, 0.25) is 0 Å². The third-order valence-electron chi connectivity index (χ3n) is 1.52. The number of esters is 1. The summed E-state index contributed by atoms with van der Waals surface area (Å²) in [6.45, 7) is 3.07. The third-order valence-corrected chi connectivity index (χ3v) is 1.52. The van der Waals surface area contributed by atoms with Crippen LogP contribution in [0.15, 0.2) is 11.8 Å². The lowest BCUT2D eigenvalue weighted by Gasteiger charge is -2.00. The monoisotopic (exact) mass is 214 g/mol. The highest BCUT2D eigenvalue weighted by atomic mass is 16.5. The van der Waals surface area contributed by atoms with Crippen molar-refractivity contribution in [1.82, 2.24) is 0 Å². The molecular formula is C10H14O5. The fourth-order valence-corrected chi connectivity index (χ4v) is 0.867. The molecule has 0 heterocycles. The van der Waals surface area contributed by atoms with Crippen LogP contribution in [0.1, 0.15) is 33.1 Å². The van der Waals surface area contributed by atoms with Crippen molar-refractivity contribution >= 4 is 17.7 Å². The van der Waals surface area contributed by atoms with E-state index in [0.717, 1.165) is 6.26 Å². The maximum absolute atomic E-state index is 10.9. The Morgan fingerprint density at radius 2 is 1.93 bits per heavy atom. The molecule has 0 aliphatic carbocycles. The van der Waals surface area contributed by atoms with Crippen LogP contribution in [-0.4, -0.2) is 22.8 Å². The molecule has 0 saturated heterocycles. The van der Waals surface area contributed by atoms with E-state index in [4.69, 9.17) is 5.11 Å². The highest BCUT2D eigenvalue weighted by Gasteiger charge is 2.09. The van der Waals surface area contributed by atoms with Gasteiger partial charge in [-0.2, -0.15) is 0 Å². The molecule has 0 aromatic heterocycles. The van der Waals surface area contributed by atoms with Crippen LogP contribution in [0.4, 0.5) is 0 Å². The first-order chi connectivity index (χ1) is 6.97. The molecule has 5 nitrogen and oxygen atoms in total. The Kier molecular flexibility index (Phi) is 6.01. The summed E-state index contributed by atoms with van der Waals surface area (Å²) in [4.78, 5) is 32.0. The van der Waals surface area contributed by atoms with E-state index in [9.17, 15) is 14.4 Å². The van der Waals surface area contributed by atoms with E-state index in [-0.39, 0.29) is 17.8 Å². The van der Waals surface area contributed by atoms with Gasteiger partial charge < -0.3 is 9.84 Å². The molecule has 0 aliphatic heterocycles. The first-order valence-electron chi connectivity index (χ1n) is 4.58. The molecule has 0 aliphatic rings. The van der Waals surface area contributed by atoms with Crippen molar-refractivity contribution in [2.45, 2.75) is 33.1 Å². The number of hydrogen-bond donors (Lipinski definition) is 1. The summed E-state index contributed by atoms with van der Waals surface area (Å²) < 4.78 is 4.53. The Morgan fingerprint density at radius 1 is 1.33 bits per heavy atom. The van der Waals surface area contributed by atoms with Gasteiger partial charge in [0.2, 0.25) is 0 Å². The van der Waals surface area contributed by atoms with E-state index in [1.165, 1.54) is 6.92 Å². The van der Waals surface area contributed by atoms with Crippen molar-refractivity contribution in [3.8, 4) is 0 Å². The summed E-state index contributed by atoms with van der Waals surface area (Å²) in [5, 5.41) is 8.67. The van der Waals surface area contributed by atoms with E-state index in [2.05, 4.69) is 4.74 Å². The molecular weight excluding hydrogens is 200 g/mol. The van der Waals surface area contributed by atoms with Gasteiger partial charge in [-0.1, -0.05) is 13.3 Å². The summed E-state index contributed by atoms with van der Waals surface area (Å²) in [6, 6.07) is 0. The third kappa shape index (κ3) is 6.42. The molecule has 5 heteroatoms. The van der Waals surface area contributed by atoms with E-state index < -0.39 is 11.9 Å². The standard InChI is InChI=1S/C10H14O5/c1-3-4-8(10(13)14)6-15-9(12)5-7(2)11/h6H,3-5H2,1-2H3,(H,13,14). The van der Waals surface area contributed by atoms with Gasteiger partial charge in [-0.15, -0.1) is 0 Å². The van der Waals surface area contributed by atoms with Crippen molar-refractivity contribution in [1.29, 1.82) is 0 Å². The molecule has 0 aromatic carbocycles. The Morgan fingerprint density at radius 3 is 2.33 bits per heavy atom. The maximum Gasteiger partial charge on any atom is 0.334 e. The first kappa shape index (κ1) is 13.4. The van der Waals surface area contributed by atoms with Crippen LogP contribution in [0, 0.1) is 0 Å². The molecule has 84 valence electrons. The second-order valence-corrected chi connectivity index (χ2v) is 3.07. The average molecular weight is 214 g/mol. The van der Waals surface area contributed by atoms with E-state index in [1.807, 2.05) is 6.92 Å². The topological polar surface area (TPSA) is 80.7 Å². The van der Waals surface area contributed by atoms with Gasteiger partial charge in [0.05, 0.1) is 5.57 Å². The molecule has 0 saturated carbocycles. The Bertz CT molecular complexity index is 290. The number of carboxylic acids is 1. The van der Waals surface area contributed by atoms with Crippen molar-refractivity contribution in [3.05, 3.63) is 11.8 Å². The molecule has 0 fully saturated rings. The summed E-state index contributed by atoms with van der Waals surface area (Å²) in [5.41, 5.74) is 0.0226. The predicted molar refractivity (Wildman–Crippen MR) is 52.0 cm³/mol. The number of carboxylic acid groups (broad SMARTS) is 1. The summed E-state index contributed by atoms with van der Waals surface area (Å²) >= 11 is 0. The van der Waals surface area contributed by atoms with Gasteiger partial charge in [-0.25, -0.2) is 4.79 Å². The van der Waals surface area contributed by atoms with E-state index in [0.29, 0.717) is 12.8 Å². The highest BCUT2D eigenvalue weighted by molar-refractivity contribution is 5.94. The quantitative estimate of drug-likeness (QED) is 0.312. The van der Waals surface area contributed by atoms with Gasteiger partial charge in [0.1, 0.15) is 18.5 Å². The lowest BCUT2D eigenvalue weighted by atomic mass is 10.2. The second kappa shape index (κ2) is 6.75. The van der Waals surface area contributed by atoms with Crippen LogP contribution >= 0.6 is 0 Å². The number of aliphatic carboxylic acids is 1. The summed E-state index contributed by atoms with van der Waals surface area (Å²) in [7, 11) is 0. The highest BCUT2D eigenvalue weighted by Crippen LogP contribution is 2.05. The maximum atomic E-state index is 10.9. The Labute approximate surface area is 87.7 Å². The smallest absolute Gasteiger partial charge is 0.334 e. The van der Waals surface area contributed by atoms with Gasteiger partial charge in [0, 0.05) is 0 Å². The molecule has 0 amide bonds. The normalized spacial score (nSPS) is 10.9. The van der Waals surface area contributed by atoms with Crippen molar-refractivity contribution < 1.29 is 24.2 Å². The number of ketones is 1. The van der Waals surface area contributed by atoms with Gasteiger partial charge >= 0.3 is 11.9 Å². The zero-order valence-corrected chi connectivity index (χ0v) is 8.78. The molecule has 0 bridgehead atoms. The first-order valence-corrected chi connectivity index (χ1v) is 4.58. The predicted octanol–water partition coefficient (Wildman–Crippen LogP) is 1.28. The largest absolute Gasteiger partial charge is 0.478 e. The lowest BCUT2D eigenvalue weighted by Crippen LogP contribution is -2.08. The number of Topliss-reactive ketones (excluding diaryl/α,β-unsaturated/α-hetero) is 1. The number of ether oxygens (including phenoxy) is 1. The fourth-order valence-electron chi connectivity index (χ4n) is 0.867. The summed E-state index contributed by atoms with van der Waals surface area (Å²) in [5.74, 6) is -2.18. The van der Waals surface area contributed by atoms with Gasteiger partial charge in [0.15, 0.2) is 0 Å². The Hall–Kier alpha value is -1.65. The van der Waals surface area contributed by atoms with Crippen LogP contribution in [0.3, 0.4) is 0 Å². The zero-order chi connectivity index (χ0) is 11.8. The van der Waals surface area contributed by atoms with Crippen molar-refractivity contribution in [3.63, 3.8) is 0 Å². The van der Waals surface area contributed by atoms with Crippen LogP contribution < -0.4 is 0 Å². The lowest BCUT2D eigenvalue weighted by molar-refractivity contribution is -0.140. The van der Waals surface area contributed by atoms with E-state index in [1.54, 1.807) is 0 Å². The number of carbonyl (C=O) groups excluding carboxylic acids is 2. The number of carbonyl (C=O) groups is 3. The second-order valence-electron chi connectivity index (χ2n) is 3.07. The molecule has 0 aromatic rings. The average Bonchev–Trinajstić information content (AvgIpc) is 2.10. The zero-order valence-electron chi connectivity index (χ0n) is 8.78. The molecule has 0 rings (SSSR count). The minimum Gasteiger partial charge on any atom is -0.478 e. The van der Waals surface area contributed by atoms with Gasteiger partial charge in [0.25, 0.3) is 0 Å². The SMILES string of the molecule is CCCC(=COC(=O)CC(C)=O)C(=O)O. The van der Waals surface area contributed by atoms with Gasteiger partial charge in [-0.3, -0.25) is 9.59 Å². The molecule has 1 N–H and O–H groups in total. The van der Waals surface area contributed by atoms with Crippen LogP contribution in [0.25, 0.3) is 0 Å². The van der Waals surface area contributed by atoms with Crippen LogP contribution in [0.5, 0.6) is 0 Å². The molecule has 0 radical (unpaired) electrons. The van der Waals surface area contributed by atoms with Gasteiger partial charge in [-0.05, 0) is 13.3 Å². The molecule has 0 spiro atoms. The summed E-state index contributed by atoms with van der Waals surface area (Å²) in [6.07, 6.45) is 1.53.